The lowest BCUT2D eigenvalue weighted by atomic mass is 9.97. The van der Waals surface area contributed by atoms with E-state index in [1.165, 1.54) is 32.9 Å². The molecule has 0 amide bonds. The van der Waals surface area contributed by atoms with Crippen molar-refractivity contribution >= 4 is 65.7 Å². The van der Waals surface area contributed by atoms with E-state index >= 15 is 0 Å². The summed E-state index contributed by atoms with van der Waals surface area (Å²) in [5.74, 6) is 0. The molecule has 2 unspecified atom stereocenters. The Bertz CT molecular complexity index is 3210. The van der Waals surface area contributed by atoms with Crippen molar-refractivity contribution in [1.29, 1.82) is 0 Å². The Morgan fingerprint density at radius 2 is 0.947 bits per heavy atom. The molecule has 1 fully saturated rings. The summed E-state index contributed by atoms with van der Waals surface area (Å²) in [4.78, 5) is 0. The van der Waals surface area contributed by atoms with Crippen LogP contribution in [0.25, 0.3) is 82.5 Å². The quantitative estimate of drug-likeness (QED) is 0.164. The molecule has 0 bridgehead atoms. The third kappa shape index (κ3) is 5.16. The van der Waals surface area contributed by atoms with Crippen LogP contribution in [-0.2, 0) is 0 Å². The van der Waals surface area contributed by atoms with Crippen LogP contribution in [0.3, 0.4) is 0 Å². The molecule has 0 spiro atoms. The molecule has 4 heterocycles. The molecule has 0 radical (unpaired) electrons. The highest BCUT2D eigenvalue weighted by atomic mass is 16.3. The van der Waals surface area contributed by atoms with Crippen molar-refractivity contribution in [3.8, 4) is 16.8 Å². The maximum absolute atomic E-state index is 6.67. The van der Waals surface area contributed by atoms with E-state index in [2.05, 4.69) is 203 Å². The largest absolute Gasteiger partial charge is 0.456 e. The van der Waals surface area contributed by atoms with Gasteiger partial charge in [-0.15, -0.1) is 0 Å². The first-order chi connectivity index (χ1) is 28.2. The average Bonchev–Trinajstić information content (AvgIpc) is 3.96. The van der Waals surface area contributed by atoms with Crippen LogP contribution in [0.4, 0.5) is 0 Å². The van der Waals surface area contributed by atoms with Gasteiger partial charge in [0.1, 0.15) is 22.3 Å². The lowest BCUT2D eigenvalue weighted by Crippen LogP contribution is -2.54. The van der Waals surface area contributed by atoms with Crippen LogP contribution in [0.5, 0.6) is 0 Å². The predicted octanol–water partition coefficient (Wildman–Crippen LogP) is 12.4. The second-order valence-electron chi connectivity index (χ2n) is 15.0. The summed E-state index contributed by atoms with van der Waals surface area (Å²) in [5.41, 5.74) is 12.6. The van der Waals surface area contributed by atoms with Gasteiger partial charge in [0.25, 0.3) is 0 Å². The first kappa shape index (κ1) is 32.3. The third-order valence-electron chi connectivity index (χ3n) is 11.7. The fraction of sp³-hybridized carbons (Fsp3) is 0.0588. The molecule has 0 aliphatic carbocycles. The predicted molar refractivity (Wildman–Crippen MR) is 231 cm³/mol. The number of furan rings is 2. The van der Waals surface area contributed by atoms with Crippen LogP contribution in [-0.4, -0.2) is 4.57 Å². The lowest BCUT2D eigenvalue weighted by Gasteiger charge is -2.39. The second-order valence-corrected chi connectivity index (χ2v) is 15.0. The Morgan fingerprint density at radius 1 is 0.368 bits per heavy atom. The summed E-state index contributed by atoms with van der Waals surface area (Å²) in [6.07, 6.45) is -0.228. The third-order valence-corrected chi connectivity index (χ3v) is 11.7. The second kappa shape index (κ2) is 12.8. The van der Waals surface area contributed by atoms with Crippen LogP contribution in [0.15, 0.2) is 191 Å². The molecular formula is C51H36N4O2. The Labute approximate surface area is 327 Å². The number of hydrogen-bond acceptors (Lipinski definition) is 5. The fourth-order valence-electron chi connectivity index (χ4n) is 9.12. The van der Waals surface area contributed by atoms with Gasteiger partial charge in [-0.25, -0.2) is 0 Å². The highest BCUT2D eigenvalue weighted by Gasteiger charge is 2.30. The van der Waals surface area contributed by atoms with Crippen molar-refractivity contribution in [2.45, 2.75) is 18.5 Å². The number of benzene rings is 8. The van der Waals surface area contributed by atoms with Gasteiger partial charge in [-0.3, -0.25) is 16.0 Å². The molecule has 272 valence electrons. The van der Waals surface area contributed by atoms with E-state index in [1.807, 2.05) is 0 Å². The minimum absolute atomic E-state index is 0.0509. The molecule has 6 heteroatoms. The summed E-state index contributed by atoms with van der Waals surface area (Å²) < 4.78 is 15.6. The van der Waals surface area contributed by atoms with Crippen LogP contribution in [0, 0.1) is 0 Å². The molecule has 3 N–H and O–H groups in total. The maximum Gasteiger partial charge on any atom is 0.137 e. The van der Waals surface area contributed by atoms with E-state index in [0.29, 0.717) is 0 Å². The molecule has 0 saturated carbocycles. The van der Waals surface area contributed by atoms with E-state index in [9.17, 15) is 0 Å². The van der Waals surface area contributed by atoms with Gasteiger partial charge in [-0.1, -0.05) is 133 Å². The van der Waals surface area contributed by atoms with E-state index in [0.717, 1.165) is 66.3 Å². The van der Waals surface area contributed by atoms with Crippen molar-refractivity contribution in [2.24, 2.45) is 0 Å². The highest BCUT2D eigenvalue weighted by molar-refractivity contribution is 6.17. The minimum Gasteiger partial charge on any atom is -0.456 e. The zero-order valence-electron chi connectivity index (χ0n) is 30.8. The Kier molecular flexibility index (Phi) is 7.25. The van der Waals surface area contributed by atoms with Gasteiger partial charge in [0.2, 0.25) is 0 Å². The smallest absolute Gasteiger partial charge is 0.137 e. The molecule has 1 aliphatic heterocycles. The average molecular weight is 737 g/mol. The first-order valence-electron chi connectivity index (χ1n) is 19.5. The Morgan fingerprint density at radius 3 is 1.63 bits per heavy atom. The molecule has 11 aromatic rings. The number of hydrogen-bond donors (Lipinski definition) is 3. The van der Waals surface area contributed by atoms with Gasteiger partial charge >= 0.3 is 0 Å². The van der Waals surface area contributed by atoms with Crippen LogP contribution in [0.1, 0.15) is 35.2 Å². The van der Waals surface area contributed by atoms with E-state index in [-0.39, 0.29) is 18.5 Å². The fourth-order valence-corrected chi connectivity index (χ4v) is 9.12. The maximum atomic E-state index is 6.67. The number of para-hydroxylation sites is 2. The minimum atomic E-state index is -0.126. The summed E-state index contributed by atoms with van der Waals surface area (Å²) in [7, 11) is 0. The van der Waals surface area contributed by atoms with Crippen LogP contribution >= 0.6 is 0 Å². The molecule has 3 aromatic heterocycles. The molecule has 57 heavy (non-hydrogen) atoms. The standard InChI is InChI=1S/C51H36N4O2/c1-3-13-31(14-4-1)49-52-50(32-15-5-2-6-16-32)54-51(53-49)34-25-27-38-46(30-34)57-44-23-11-19-35(47(38)44)33-26-28-43-39(29-33)48-42(22-12-24-45(48)56-43)55-40-20-9-7-17-36(40)37-18-8-10-21-41(37)55/h1-30,49-54H. The Balaban J connectivity index is 0.977. The Hall–Kier alpha value is -6.96. The molecule has 8 aromatic carbocycles. The van der Waals surface area contributed by atoms with Gasteiger partial charge in [-0.05, 0) is 76.3 Å². The highest BCUT2D eigenvalue weighted by Crippen LogP contribution is 2.42. The molecule has 12 rings (SSSR count). The SMILES string of the molecule is c1ccc(C2NC(c3ccccc3)NC(c3ccc4c(c3)oc3cccc(-c5ccc6oc7cccc(-n8c9ccccc9c9ccccc98)c7c6c5)c34)N2)cc1. The summed E-state index contributed by atoms with van der Waals surface area (Å²) in [6, 6.07) is 64.3. The van der Waals surface area contributed by atoms with E-state index in [1.54, 1.807) is 0 Å². The van der Waals surface area contributed by atoms with Crippen LogP contribution in [0.2, 0.25) is 0 Å². The molecule has 1 saturated heterocycles. The summed E-state index contributed by atoms with van der Waals surface area (Å²) in [6.45, 7) is 0. The number of fused-ring (bicyclic) bond motifs is 9. The number of aromatic nitrogens is 1. The monoisotopic (exact) mass is 736 g/mol. The molecule has 6 nitrogen and oxygen atoms in total. The number of rotatable bonds is 5. The van der Waals surface area contributed by atoms with Crippen molar-refractivity contribution in [3.05, 3.63) is 199 Å². The van der Waals surface area contributed by atoms with Gasteiger partial charge in [-0.2, -0.15) is 0 Å². The van der Waals surface area contributed by atoms with Crippen molar-refractivity contribution in [1.82, 2.24) is 20.5 Å². The van der Waals surface area contributed by atoms with Crippen molar-refractivity contribution in [3.63, 3.8) is 0 Å². The van der Waals surface area contributed by atoms with E-state index < -0.39 is 0 Å². The summed E-state index contributed by atoms with van der Waals surface area (Å²) >= 11 is 0. The zero-order valence-corrected chi connectivity index (χ0v) is 30.8. The zero-order chi connectivity index (χ0) is 37.5. The van der Waals surface area contributed by atoms with Gasteiger partial charge in [0.15, 0.2) is 0 Å². The lowest BCUT2D eigenvalue weighted by molar-refractivity contribution is 0.203. The van der Waals surface area contributed by atoms with Gasteiger partial charge < -0.3 is 13.4 Å². The topological polar surface area (TPSA) is 67.3 Å². The van der Waals surface area contributed by atoms with Crippen molar-refractivity contribution in [2.75, 3.05) is 0 Å². The van der Waals surface area contributed by atoms with Gasteiger partial charge in [0.05, 0.1) is 40.6 Å². The number of nitrogens with one attached hydrogen (secondary N) is 3. The van der Waals surface area contributed by atoms with E-state index in [4.69, 9.17) is 8.83 Å². The molecular weight excluding hydrogens is 701 g/mol. The normalized spacial score (nSPS) is 17.4. The van der Waals surface area contributed by atoms with Crippen molar-refractivity contribution < 1.29 is 8.83 Å². The number of nitrogens with zero attached hydrogens (tertiary/aromatic N) is 1. The van der Waals surface area contributed by atoms with Gasteiger partial charge in [0, 0.05) is 26.9 Å². The van der Waals surface area contributed by atoms with Crippen LogP contribution < -0.4 is 16.0 Å². The molecule has 1 aliphatic rings. The summed E-state index contributed by atoms with van der Waals surface area (Å²) in [5, 5.41) is 18.2. The first-order valence-corrected chi connectivity index (χ1v) is 19.5. The molecule has 2 atom stereocenters.